The van der Waals surface area contributed by atoms with Crippen molar-refractivity contribution in [3.05, 3.63) is 0 Å². The molecule has 0 amide bonds. The zero-order chi connectivity index (χ0) is 22.6. The normalized spacial score (nSPS) is 49.3. The van der Waals surface area contributed by atoms with Crippen LogP contribution < -0.4 is 0 Å². The van der Waals surface area contributed by atoms with E-state index in [1.807, 2.05) is 0 Å². The summed E-state index contributed by atoms with van der Waals surface area (Å²) in [5.74, 6) is 7.77. The number of fused-ring (bicyclic) bond motifs is 5. The van der Waals surface area contributed by atoms with Gasteiger partial charge in [0, 0.05) is 0 Å². The van der Waals surface area contributed by atoms with Crippen molar-refractivity contribution in [2.45, 2.75) is 125 Å². The van der Waals surface area contributed by atoms with E-state index in [-0.39, 0.29) is 6.10 Å². The molecule has 1 N–H and O–H groups in total. The van der Waals surface area contributed by atoms with Crippen LogP contribution in [-0.2, 0) is 0 Å². The van der Waals surface area contributed by atoms with Gasteiger partial charge in [0.15, 0.2) is 0 Å². The van der Waals surface area contributed by atoms with Crippen molar-refractivity contribution in [2.24, 2.45) is 64.1 Å². The Morgan fingerprint density at radius 2 is 1.45 bits per heavy atom. The van der Waals surface area contributed by atoms with Crippen molar-refractivity contribution in [3.8, 4) is 0 Å². The molecule has 4 rings (SSSR count). The third-order valence-electron chi connectivity index (χ3n) is 12.4. The molecule has 4 saturated carbocycles. The van der Waals surface area contributed by atoms with Gasteiger partial charge in [-0.05, 0) is 122 Å². The molecular formula is C30H54O. The summed E-state index contributed by atoms with van der Waals surface area (Å²) in [6.45, 7) is 17.6. The molecule has 1 heteroatoms. The van der Waals surface area contributed by atoms with E-state index in [2.05, 4.69) is 48.5 Å². The van der Waals surface area contributed by atoms with E-state index in [9.17, 15) is 5.11 Å². The molecule has 0 radical (unpaired) electrons. The monoisotopic (exact) mass is 430 g/mol. The lowest BCUT2D eigenvalue weighted by Crippen LogP contribution is -2.56. The summed E-state index contributed by atoms with van der Waals surface area (Å²) >= 11 is 0. The average Bonchev–Trinajstić information content (AvgIpc) is 3.08. The SMILES string of the molecule is CC[C@H](CC[C@@H](C)[C@H]1CC[C@H]2[C@@H]3CC[C@H]4C(C)[C@@H](O)CC[C@]4(C)[C@H]3CC[C@]12C)C(C)C. The van der Waals surface area contributed by atoms with Crippen LogP contribution in [0.25, 0.3) is 0 Å². The summed E-state index contributed by atoms with van der Waals surface area (Å²) in [7, 11) is 0. The van der Waals surface area contributed by atoms with Gasteiger partial charge < -0.3 is 5.11 Å². The summed E-state index contributed by atoms with van der Waals surface area (Å²) in [5.41, 5.74) is 1.10. The molecule has 31 heavy (non-hydrogen) atoms. The molecule has 0 spiro atoms. The van der Waals surface area contributed by atoms with Gasteiger partial charge in [0.2, 0.25) is 0 Å². The van der Waals surface area contributed by atoms with Crippen molar-refractivity contribution in [3.63, 3.8) is 0 Å². The van der Waals surface area contributed by atoms with Crippen molar-refractivity contribution in [2.75, 3.05) is 0 Å². The van der Waals surface area contributed by atoms with Gasteiger partial charge in [-0.2, -0.15) is 0 Å². The Morgan fingerprint density at radius 3 is 2.13 bits per heavy atom. The van der Waals surface area contributed by atoms with E-state index in [0.29, 0.717) is 16.7 Å². The number of aliphatic hydroxyl groups is 1. The van der Waals surface area contributed by atoms with Gasteiger partial charge in [-0.25, -0.2) is 0 Å². The zero-order valence-corrected chi connectivity index (χ0v) is 22.0. The van der Waals surface area contributed by atoms with Crippen LogP contribution in [0.1, 0.15) is 119 Å². The first-order valence-electron chi connectivity index (χ1n) is 14.3. The highest BCUT2D eigenvalue weighted by atomic mass is 16.3. The van der Waals surface area contributed by atoms with E-state index < -0.39 is 0 Å². The lowest BCUT2D eigenvalue weighted by Gasteiger charge is -2.62. The third kappa shape index (κ3) is 3.95. The summed E-state index contributed by atoms with van der Waals surface area (Å²) < 4.78 is 0. The van der Waals surface area contributed by atoms with E-state index in [1.165, 1.54) is 64.2 Å². The molecule has 0 aromatic heterocycles. The van der Waals surface area contributed by atoms with Crippen molar-refractivity contribution in [1.82, 2.24) is 0 Å². The minimum Gasteiger partial charge on any atom is -0.393 e. The average molecular weight is 431 g/mol. The van der Waals surface area contributed by atoms with Crippen molar-refractivity contribution >= 4 is 0 Å². The van der Waals surface area contributed by atoms with Crippen LogP contribution in [0.5, 0.6) is 0 Å². The Labute approximate surface area is 194 Å². The Morgan fingerprint density at radius 1 is 0.806 bits per heavy atom. The summed E-state index contributed by atoms with van der Waals surface area (Å²) in [6, 6.07) is 0. The lowest BCUT2D eigenvalue weighted by molar-refractivity contribution is -0.149. The number of aliphatic hydroxyl groups excluding tert-OH is 1. The van der Waals surface area contributed by atoms with Gasteiger partial charge in [0.05, 0.1) is 6.10 Å². The highest BCUT2D eigenvalue weighted by Gasteiger charge is 2.61. The number of rotatable bonds is 6. The van der Waals surface area contributed by atoms with Crippen molar-refractivity contribution < 1.29 is 5.11 Å². The van der Waals surface area contributed by atoms with E-state index in [1.54, 1.807) is 0 Å². The van der Waals surface area contributed by atoms with Crippen LogP contribution in [0.15, 0.2) is 0 Å². The van der Waals surface area contributed by atoms with Gasteiger partial charge in [-0.3, -0.25) is 0 Å². The molecule has 0 aromatic carbocycles. The fraction of sp³-hybridized carbons (Fsp3) is 1.00. The van der Waals surface area contributed by atoms with Crippen LogP contribution >= 0.6 is 0 Å². The maximum atomic E-state index is 10.6. The highest BCUT2D eigenvalue weighted by molar-refractivity contribution is 5.10. The Hall–Kier alpha value is -0.0400. The summed E-state index contributed by atoms with van der Waals surface area (Å²) in [4.78, 5) is 0. The molecule has 0 bridgehead atoms. The van der Waals surface area contributed by atoms with Crippen LogP contribution in [0.3, 0.4) is 0 Å². The fourth-order valence-electron chi connectivity index (χ4n) is 10.4. The largest absolute Gasteiger partial charge is 0.393 e. The molecule has 180 valence electrons. The standard InChI is InChI=1S/C30H54O/c1-8-22(19(2)3)10-9-20(4)24-13-14-26-23-11-12-25-21(5)28(31)16-18-30(25,7)27(23)15-17-29(24,26)6/h19-28,31H,8-18H2,1-7H3/t20-,21?,22-,23+,24-,25+,26+,27+,28+,29-,30+/m1/s1. The molecule has 11 atom stereocenters. The first kappa shape index (κ1) is 24.1. The molecule has 0 saturated heterocycles. The van der Waals surface area contributed by atoms with Gasteiger partial charge in [-0.15, -0.1) is 0 Å². The van der Waals surface area contributed by atoms with Crippen LogP contribution in [0.2, 0.25) is 0 Å². The molecule has 0 heterocycles. The predicted molar refractivity (Wildman–Crippen MR) is 133 cm³/mol. The molecule has 1 nitrogen and oxygen atoms in total. The maximum Gasteiger partial charge on any atom is 0.0568 e. The first-order valence-corrected chi connectivity index (χ1v) is 14.3. The minimum atomic E-state index is -0.0435. The quantitative estimate of drug-likeness (QED) is 0.449. The molecule has 1 unspecified atom stereocenters. The van der Waals surface area contributed by atoms with Crippen LogP contribution in [-0.4, -0.2) is 11.2 Å². The Bertz CT molecular complexity index is 612. The van der Waals surface area contributed by atoms with E-state index in [0.717, 1.165) is 53.8 Å². The zero-order valence-electron chi connectivity index (χ0n) is 22.0. The second kappa shape index (κ2) is 8.96. The number of hydrogen-bond acceptors (Lipinski definition) is 1. The summed E-state index contributed by atoms with van der Waals surface area (Å²) in [6.07, 6.45) is 15.3. The van der Waals surface area contributed by atoms with Crippen molar-refractivity contribution in [1.29, 1.82) is 0 Å². The Kier molecular flexibility index (Phi) is 6.96. The second-order valence-corrected chi connectivity index (χ2v) is 13.7. The first-order chi connectivity index (χ1) is 14.6. The molecular weight excluding hydrogens is 376 g/mol. The maximum absolute atomic E-state index is 10.6. The summed E-state index contributed by atoms with van der Waals surface area (Å²) in [5, 5.41) is 10.6. The molecule has 0 aromatic rings. The molecule has 4 fully saturated rings. The van der Waals surface area contributed by atoms with E-state index in [4.69, 9.17) is 0 Å². The fourth-order valence-corrected chi connectivity index (χ4v) is 10.4. The highest BCUT2D eigenvalue weighted by Crippen LogP contribution is 2.69. The second-order valence-electron chi connectivity index (χ2n) is 13.7. The Balaban J connectivity index is 1.46. The molecule has 4 aliphatic rings. The van der Waals surface area contributed by atoms with Crippen LogP contribution in [0, 0.1) is 64.1 Å². The number of hydrogen-bond donors (Lipinski definition) is 1. The van der Waals surface area contributed by atoms with E-state index >= 15 is 0 Å². The third-order valence-corrected chi connectivity index (χ3v) is 12.4. The molecule has 4 aliphatic carbocycles. The lowest BCUT2D eigenvalue weighted by atomic mass is 9.43. The van der Waals surface area contributed by atoms with Crippen LogP contribution in [0.4, 0.5) is 0 Å². The van der Waals surface area contributed by atoms with Gasteiger partial charge in [0.1, 0.15) is 0 Å². The molecule has 0 aliphatic heterocycles. The van der Waals surface area contributed by atoms with Gasteiger partial charge >= 0.3 is 0 Å². The predicted octanol–water partition coefficient (Wildman–Crippen LogP) is 8.35. The van der Waals surface area contributed by atoms with Gasteiger partial charge in [-0.1, -0.05) is 61.3 Å². The topological polar surface area (TPSA) is 20.2 Å². The smallest absolute Gasteiger partial charge is 0.0568 e. The van der Waals surface area contributed by atoms with Gasteiger partial charge in [0.25, 0.3) is 0 Å². The minimum absolute atomic E-state index is 0.0435.